The average molecular weight is 247 g/mol. The molecule has 2 rings (SSSR count). The van der Waals surface area contributed by atoms with Gasteiger partial charge in [0.2, 0.25) is 0 Å². The fourth-order valence-electron chi connectivity index (χ4n) is 2.34. The minimum absolute atomic E-state index is 0.152. The molecule has 0 aliphatic heterocycles. The maximum atomic E-state index is 11.2. The third kappa shape index (κ3) is 2.94. The van der Waals surface area contributed by atoms with Gasteiger partial charge in [-0.1, -0.05) is 26.7 Å². The van der Waals surface area contributed by atoms with Crippen LogP contribution in [0.4, 0.5) is 5.69 Å². The Bertz CT molecular complexity index is 549. The topological polar surface area (TPSA) is 60.7 Å². The van der Waals surface area contributed by atoms with Crippen LogP contribution in [0.15, 0.2) is 23.0 Å². The van der Waals surface area contributed by atoms with Crippen LogP contribution in [0, 0.1) is 0 Å². The Balaban J connectivity index is 2.16. The summed E-state index contributed by atoms with van der Waals surface area (Å²) in [7, 11) is 0. The monoisotopic (exact) mass is 247 g/mol. The number of fused-ring (bicyclic) bond motifs is 1. The molecule has 0 aliphatic rings. The predicted octanol–water partition coefficient (Wildman–Crippen LogP) is 3.24. The molecule has 3 N–H and O–H groups in total. The number of H-pyrrole nitrogens is 2. The van der Waals surface area contributed by atoms with Gasteiger partial charge in [-0.15, -0.1) is 0 Å². The molecule has 1 aromatic carbocycles. The fraction of sp³-hybridized carbons (Fsp3) is 0.500. The zero-order valence-corrected chi connectivity index (χ0v) is 11.0. The largest absolute Gasteiger partial charge is 0.382 e. The first-order valence-corrected chi connectivity index (χ1v) is 6.71. The molecule has 1 aromatic heterocycles. The molecule has 0 saturated carbocycles. The molecular formula is C14H21N3O. The van der Waals surface area contributed by atoms with Gasteiger partial charge >= 0.3 is 5.69 Å². The molecule has 4 heteroatoms. The van der Waals surface area contributed by atoms with Crippen molar-refractivity contribution in [2.75, 3.05) is 5.32 Å². The van der Waals surface area contributed by atoms with E-state index in [1.807, 2.05) is 18.2 Å². The molecule has 0 saturated heterocycles. The van der Waals surface area contributed by atoms with Crippen LogP contribution in [0.25, 0.3) is 11.0 Å². The summed E-state index contributed by atoms with van der Waals surface area (Å²) < 4.78 is 0. The molecule has 0 spiro atoms. The highest BCUT2D eigenvalue weighted by Gasteiger charge is 2.07. The lowest BCUT2D eigenvalue weighted by Crippen LogP contribution is -2.18. The third-order valence-corrected chi connectivity index (χ3v) is 3.16. The predicted molar refractivity (Wildman–Crippen MR) is 76.1 cm³/mol. The molecule has 0 radical (unpaired) electrons. The van der Waals surface area contributed by atoms with E-state index in [1.54, 1.807) is 0 Å². The van der Waals surface area contributed by atoms with Gasteiger partial charge in [0.25, 0.3) is 0 Å². The van der Waals surface area contributed by atoms with E-state index in [4.69, 9.17) is 0 Å². The van der Waals surface area contributed by atoms with Gasteiger partial charge in [0, 0.05) is 11.7 Å². The van der Waals surface area contributed by atoms with Crippen molar-refractivity contribution in [1.82, 2.24) is 9.97 Å². The number of aromatic nitrogens is 2. The Kier molecular flexibility index (Phi) is 4.07. The summed E-state index contributed by atoms with van der Waals surface area (Å²) in [6, 6.07) is 6.46. The van der Waals surface area contributed by atoms with Crippen molar-refractivity contribution >= 4 is 16.7 Å². The van der Waals surface area contributed by atoms with Crippen LogP contribution in [0.3, 0.4) is 0 Å². The Morgan fingerprint density at radius 3 is 2.44 bits per heavy atom. The summed E-state index contributed by atoms with van der Waals surface area (Å²) in [4.78, 5) is 16.7. The van der Waals surface area contributed by atoms with Crippen LogP contribution >= 0.6 is 0 Å². The average Bonchev–Trinajstić information content (AvgIpc) is 2.69. The smallest absolute Gasteiger partial charge is 0.323 e. The molecule has 0 unspecified atom stereocenters. The normalized spacial score (nSPS) is 11.3. The number of imidazole rings is 1. The highest BCUT2D eigenvalue weighted by atomic mass is 16.1. The molecular weight excluding hydrogens is 226 g/mol. The summed E-state index contributed by atoms with van der Waals surface area (Å²) in [5.41, 5.74) is 2.63. The second-order valence-corrected chi connectivity index (χ2v) is 4.76. The molecule has 0 fully saturated rings. The lowest BCUT2D eigenvalue weighted by atomic mass is 10.1. The highest BCUT2D eigenvalue weighted by molar-refractivity contribution is 5.78. The van der Waals surface area contributed by atoms with E-state index in [0.717, 1.165) is 16.7 Å². The number of anilines is 1. The zero-order valence-electron chi connectivity index (χ0n) is 11.0. The summed E-state index contributed by atoms with van der Waals surface area (Å²) in [5.74, 6) is 0. The van der Waals surface area contributed by atoms with Crippen molar-refractivity contribution in [1.29, 1.82) is 0 Å². The minimum Gasteiger partial charge on any atom is -0.382 e. The van der Waals surface area contributed by atoms with Crippen molar-refractivity contribution in [2.24, 2.45) is 0 Å². The van der Waals surface area contributed by atoms with Crippen molar-refractivity contribution in [3.05, 3.63) is 28.7 Å². The molecule has 0 amide bonds. The Morgan fingerprint density at radius 1 is 1.11 bits per heavy atom. The standard InChI is InChI=1S/C14H21N3O/c1-3-5-10(6-4-2)15-11-7-8-12-13(9-11)17-14(18)16-12/h7-10,15H,3-6H2,1-2H3,(H2,16,17,18). The van der Waals surface area contributed by atoms with E-state index in [1.165, 1.54) is 25.7 Å². The van der Waals surface area contributed by atoms with Crippen LogP contribution < -0.4 is 11.0 Å². The Morgan fingerprint density at radius 2 is 1.78 bits per heavy atom. The molecule has 0 atom stereocenters. The molecule has 4 nitrogen and oxygen atoms in total. The first kappa shape index (κ1) is 12.7. The quantitative estimate of drug-likeness (QED) is 0.734. The van der Waals surface area contributed by atoms with Crippen molar-refractivity contribution in [3.63, 3.8) is 0 Å². The van der Waals surface area contributed by atoms with Gasteiger partial charge in [0.15, 0.2) is 0 Å². The van der Waals surface area contributed by atoms with Gasteiger partial charge < -0.3 is 15.3 Å². The van der Waals surface area contributed by atoms with Crippen LogP contribution in [-0.2, 0) is 0 Å². The van der Waals surface area contributed by atoms with Gasteiger partial charge in [-0.05, 0) is 31.0 Å². The number of rotatable bonds is 6. The van der Waals surface area contributed by atoms with Crippen LogP contribution in [-0.4, -0.2) is 16.0 Å². The van der Waals surface area contributed by atoms with Crippen molar-refractivity contribution in [2.45, 2.75) is 45.6 Å². The second kappa shape index (κ2) is 5.76. The number of aromatic amines is 2. The van der Waals surface area contributed by atoms with Gasteiger partial charge in [-0.25, -0.2) is 4.79 Å². The fourth-order valence-corrected chi connectivity index (χ4v) is 2.34. The van der Waals surface area contributed by atoms with E-state index in [2.05, 4.69) is 29.1 Å². The number of nitrogens with one attached hydrogen (secondary N) is 3. The van der Waals surface area contributed by atoms with Crippen molar-refractivity contribution in [3.8, 4) is 0 Å². The first-order chi connectivity index (χ1) is 8.72. The van der Waals surface area contributed by atoms with Gasteiger partial charge in [0.05, 0.1) is 11.0 Å². The van der Waals surface area contributed by atoms with E-state index < -0.39 is 0 Å². The summed E-state index contributed by atoms with van der Waals surface area (Å²) in [6.45, 7) is 4.41. The highest BCUT2D eigenvalue weighted by Crippen LogP contribution is 2.18. The van der Waals surface area contributed by atoms with Crippen molar-refractivity contribution < 1.29 is 0 Å². The maximum Gasteiger partial charge on any atom is 0.323 e. The van der Waals surface area contributed by atoms with E-state index >= 15 is 0 Å². The molecule has 98 valence electrons. The Hall–Kier alpha value is -1.71. The summed E-state index contributed by atoms with van der Waals surface area (Å²) in [6.07, 6.45) is 4.72. The first-order valence-electron chi connectivity index (χ1n) is 6.71. The third-order valence-electron chi connectivity index (χ3n) is 3.16. The van der Waals surface area contributed by atoms with Crippen LogP contribution in [0.1, 0.15) is 39.5 Å². The van der Waals surface area contributed by atoms with Crippen LogP contribution in [0.5, 0.6) is 0 Å². The van der Waals surface area contributed by atoms with E-state index in [-0.39, 0.29) is 5.69 Å². The second-order valence-electron chi connectivity index (χ2n) is 4.76. The number of hydrogen-bond acceptors (Lipinski definition) is 2. The maximum absolute atomic E-state index is 11.2. The molecule has 18 heavy (non-hydrogen) atoms. The Labute approximate surface area is 107 Å². The SMILES string of the molecule is CCCC(CCC)Nc1ccc2[nH]c(=O)[nH]c2c1. The molecule has 2 aromatic rings. The minimum atomic E-state index is -0.152. The lowest BCUT2D eigenvalue weighted by molar-refractivity contribution is 0.586. The van der Waals surface area contributed by atoms with Crippen LogP contribution in [0.2, 0.25) is 0 Å². The van der Waals surface area contributed by atoms with E-state index in [9.17, 15) is 4.79 Å². The molecule has 0 bridgehead atoms. The number of benzene rings is 1. The molecule has 0 aliphatic carbocycles. The number of hydrogen-bond donors (Lipinski definition) is 3. The van der Waals surface area contributed by atoms with Gasteiger partial charge in [0.1, 0.15) is 0 Å². The van der Waals surface area contributed by atoms with E-state index in [0.29, 0.717) is 6.04 Å². The zero-order chi connectivity index (χ0) is 13.0. The van der Waals surface area contributed by atoms with Gasteiger partial charge in [-0.2, -0.15) is 0 Å². The molecule has 1 heterocycles. The van der Waals surface area contributed by atoms with Gasteiger partial charge in [-0.3, -0.25) is 0 Å². The summed E-state index contributed by atoms with van der Waals surface area (Å²) >= 11 is 0. The lowest BCUT2D eigenvalue weighted by Gasteiger charge is -2.18. The summed E-state index contributed by atoms with van der Waals surface area (Å²) in [5, 5.41) is 3.55.